The highest BCUT2D eigenvalue weighted by Gasteiger charge is 2.40. The third kappa shape index (κ3) is 4.96. The quantitative estimate of drug-likeness (QED) is 0.283. The van der Waals surface area contributed by atoms with Gasteiger partial charge in [-0.2, -0.15) is 0 Å². The monoisotopic (exact) mass is 494 g/mol. The van der Waals surface area contributed by atoms with E-state index in [1.807, 2.05) is 78.9 Å². The average Bonchev–Trinajstić information content (AvgIpc) is 3.14. The highest BCUT2D eigenvalue weighted by Crippen LogP contribution is 2.38. The van der Waals surface area contributed by atoms with Gasteiger partial charge in [-0.3, -0.25) is 9.59 Å². The Labute approximate surface area is 213 Å². The Morgan fingerprint density at radius 1 is 0.694 bits per heavy atom. The molecule has 4 aromatic carbocycles. The first-order valence-electron chi connectivity index (χ1n) is 11.2. The van der Waals surface area contributed by atoms with Crippen LogP contribution in [-0.2, 0) is 9.59 Å². The lowest BCUT2D eigenvalue weighted by molar-refractivity contribution is -0.120. The van der Waals surface area contributed by atoms with Crippen LogP contribution in [0, 0.1) is 0 Å². The predicted molar refractivity (Wildman–Crippen MR) is 141 cm³/mol. The molecule has 4 aromatic rings. The first-order valence-corrected chi connectivity index (χ1v) is 12.0. The number of rotatable bonds is 8. The van der Waals surface area contributed by atoms with Crippen LogP contribution in [0.15, 0.2) is 125 Å². The molecule has 0 saturated carbocycles. The number of nitrogens with one attached hydrogen (secondary N) is 1. The molecule has 1 N–H and O–H groups in total. The van der Waals surface area contributed by atoms with Crippen molar-refractivity contribution in [2.45, 2.75) is 4.90 Å². The first-order chi connectivity index (χ1) is 17.6. The summed E-state index contributed by atoms with van der Waals surface area (Å²) >= 11 is 1.25. The molecule has 1 aliphatic rings. The SMILES string of the molecule is COc1cccc(NC2=C(Sc3ccccc3)C(=O)N(c3ccc(Oc4ccccc4)cc3)C2=O)c1. The molecule has 6 nitrogen and oxygen atoms in total. The van der Waals surface area contributed by atoms with Crippen molar-refractivity contribution in [2.75, 3.05) is 17.3 Å². The van der Waals surface area contributed by atoms with Gasteiger partial charge in [0.1, 0.15) is 27.9 Å². The molecule has 0 fully saturated rings. The third-order valence-electron chi connectivity index (χ3n) is 5.42. The van der Waals surface area contributed by atoms with Gasteiger partial charge < -0.3 is 14.8 Å². The molecule has 7 heteroatoms. The van der Waals surface area contributed by atoms with Crippen molar-refractivity contribution in [3.63, 3.8) is 0 Å². The van der Waals surface area contributed by atoms with Crippen LogP contribution in [0.25, 0.3) is 0 Å². The van der Waals surface area contributed by atoms with E-state index in [1.54, 1.807) is 37.4 Å². The van der Waals surface area contributed by atoms with E-state index >= 15 is 0 Å². The molecule has 1 heterocycles. The fourth-order valence-electron chi connectivity index (χ4n) is 3.69. The number of benzene rings is 4. The van der Waals surface area contributed by atoms with Crippen molar-refractivity contribution in [1.82, 2.24) is 0 Å². The molecule has 0 atom stereocenters. The van der Waals surface area contributed by atoms with E-state index in [-0.39, 0.29) is 5.70 Å². The number of imide groups is 1. The number of methoxy groups -OCH3 is 1. The highest BCUT2D eigenvalue weighted by atomic mass is 32.2. The second-order valence-electron chi connectivity index (χ2n) is 7.83. The van der Waals surface area contributed by atoms with Crippen LogP contribution in [0.4, 0.5) is 11.4 Å². The van der Waals surface area contributed by atoms with Gasteiger partial charge in [-0.05, 0) is 60.7 Å². The van der Waals surface area contributed by atoms with Crippen LogP contribution in [0.2, 0.25) is 0 Å². The molecule has 0 spiro atoms. The molecule has 1 aliphatic heterocycles. The number of hydrogen-bond donors (Lipinski definition) is 1. The molecule has 0 unspecified atom stereocenters. The van der Waals surface area contributed by atoms with Crippen LogP contribution in [0.5, 0.6) is 17.2 Å². The van der Waals surface area contributed by atoms with Crippen LogP contribution in [0.3, 0.4) is 0 Å². The number of carbonyl (C=O) groups excluding carboxylic acids is 2. The molecular formula is C29H22N2O4S. The largest absolute Gasteiger partial charge is 0.497 e. The normalized spacial score (nSPS) is 13.2. The van der Waals surface area contributed by atoms with Crippen LogP contribution >= 0.6 is 11.8 Å². The van der Waals surface area contributed by atoms with Gasteiger partial charge in [0.25, 0.3) is 11.8 Å². The maximum absolute atomic E-state index is 13.6. The number of carbonyl (C=O) groups is 2. The van der Waals surface area contributed by atoms with Crippen molar-refractivity contribution in [3.8, 4) is 17.2 Å². The Morgan fingerprint density at radius 3 is 2.03 bits per heavy atom. The predicted octanol–water partition coefficient (Wildman–Crippen LogP) is 6.48. The zero-order valence-corrected chi connectivity index (χ0v) is 20.2. The molecular weight excluding hydrogens is 472 g/mol. The summed E-state index contributed by atoms with van der Waals surface area (Å²) in [6.45, 7) is 0. The fourth-order valence-corrected chi connectivity index (χ4v) is 4.64. The van der Waals surface area contributed by atoms with Crippen molar-refractivity contribution in [2.24, 2.45) is 0 Å². The van der Waals surface area contributed by atoms with Gasteiger partial charge in [0.2, 0.25) is 0 Å². The smallest absolute Gasteiger partial charge is 0.283 e. The topological polar surface area (TPSA) is 67.9 Å². The van der Waals surface area contributed by atoms with Crippen molar-refractivity contribution < 1.29 is 19.1 Å². The third-order valence-corrected chi connectivity index (χ3v) is 6.51. The molecule has 5 rings (SSSR count). The average molecular weight is 495 g/mol. The van der Waals surface area contributed by atoms with E-state index in [4.69, 9.17) is 9.47 Å². The number of anilines is 2. The minimum Gasteiger partial charge on any atom is -0.497 e. The highest BCUT2D eigenvalue weighted by molar-refractivity contribution is 8.04. The molecule has 0 aromatic heterocycles. The van der Waals surface area contributed by atoms with E-state index < -0.39 is 11.8 Å². The van der Waals surface area contributed by atoms with Gasteiger partial charge >= 0.3 is 0 Å². The summed E-state index contributed by atoms with van der Waals surface area (Å²) in [5, 5.41) is 3.15. The molecule has 178 valence electrons. The van der Waals surface area contributed by atoms with Gasteiger partial charge in [0.05, 0.1) is 12.8 Å². The number of amides is 2. The number of nitrogens with zero attached hydrogens (tertiary/aromatic N) is 1. The summed E-state index contributed by atoms with van der Waals surface area (Å²) in [5.41, 5.74) is 1.32. The maximum Gasteiger partial charge on any atom is 0.283 e. The summed E-state index contributed by atoms with van der Waals surface area (Å²) in [6, 6.07) is 33.0. The first kappa shape index (κ1) is 23.3. The summed E-state index contributed by atoms with van der Waals surface area (Å²) < 4.78 is 11.1. The molecule has 0 radical (unpaired) electrons. The number of hydrogen-bond acceptors (Lipinski definition) is 6. The van der Waals surface area contributed by atoms with Crippen molar-refractivity contribution >= 4 is 35.0 Å². The zero-order chi connectivity index (χ0) is 24.9. The molecule has 0 bridgehead atoms. The summed E-state index contributed by atoms with van der Waals surface area (Å²) in [4.78, 5) is 29.5. The Hall–Kier alpha value is -4.49. The van der Waals surface area contributed by atoms with E-state index in [0.29, 0.717) is 33.5 Å². The second kappa shape index (κ2) is 10.4. The Bertz CT molecular complexity index is 1420. The zero-order valence-electron chi connectivity index (χ0n) is 19.4. The van der Waals surface area contributed by atoms with Crippen LogP contribution in [-0.4, -0.2) is 18.9 Å². The van der Waals surface area contributed by atoms with Gasteiger partial charge in [-0.15, -0.1) is 0 Å². The molecule has 36 heavy (non-hydrogen) atoms. The maximum atomic E-state index is 13.6. The standard InChI is InChI=1S/C29H22N2O4S/c1-34-24-12-8-9-20(19-24)30-26-27(36-25-13-6-3-7-14-25)29(33)31(28(26)32)21-15-17-23(18-16-21)35-22-10-4-2-5-11-22/h2-19,30H,1H3. The molecule has 0 aliphatic carbocycles. The molecule has 2 amide bonds. The summed E-state index contributed by atoms with van der Waals surface area (Å²) in [6.07, 6.45) is 0. The molecule has 0 saturated heterocycles. The Morgan fingerprint density at radius 2 is 1.33 bits per heavy atom. The Balaban J connectivity index is 1.45. The van der Waals surface area contributed by atoms with E-state index in [1.165, 1.54) is 16.7 Å². The summed E-state index contributed by atoms with van der Waals surface area (Å²) in [7, 11) is 1.58. The fraction of sp³-hybridized carbons (Fsp3) is 0.0345. The minimum atomic E-state index is -0.432. The van der Waals surface area contributed by atoms with E-state index in [2.05, 4.69) is 5.32 Å². The van der Waals surface area contributed by atoms with Gasteiger partial charge in [0, 0.05) is 16.6 Å². The number of para-hydroxylation sites is 1. The van der Waals surface area contributed by atoms with Crippen LogP contribution < -0.4 is 19.7 Å². The lowest BCUT2D eigenvalue weighted by atomic mass is 10.2. The number of ether oxygens (including phenoxy) is 2. The van der Waals surface area contributed by atoms with Crippen molar-refractivity contribution in [1.29, 1.82) is 0 Å². The lowest BCUT2D eigenvalue weighted by Gasteiger charge is -2.16. The number of thioether (sulfide) groups is 1. The van der Waals surface area contributed by atoms with Crippen LogP contribution in [0.1, 0.15) is 0 Å². The summed E-state index contributed by atoms with van der Waals surface area (Å²) in [5.74, 6) is 1.12. The van der Waals surface area contributed by atoms with E-state index in [0.717, 1.165) is 4.90 Å². The minimum absolute atomic E-state index is 0.215. The van der Waals surface area contributed by atoms with Crippen molar-refractivity contribution in [3.05, 3.63) is 120 Å². The van der Waals surface area contributed by atoms with Gasteiger partial charge in [-0.25, -0.2) is 4.90 Å². The van der Waals surface area contributed by atoms with Gasteiger partial charge in [0.15, 0.2) is 0 Å². The lowest BCUT2D eigenvalue weighted by Crippen LogP contribution is -2.32. The second-order valence-corrected chi connectivity index (χ2v) is 8.91. The van der Waals surface area contributed by atoms with Gasteiger partial charge in [-0.1, -0.05) is 54.2 Å². The van der Waals surface area contributed by atoms with E-state index in [9.17, 15) is 9.59 Å². The Kier molecular flexibility index (Phi) is 6.73.